The number of nitrogens with zero attached hydrogens (tertiary/aromatic N) is 3. The number of hydrogen-bond acceptors (Lipinski definition) is 4. The van der Waals surface area contributed by atoms with Gasteiger partial charge in [0.25, 0.3) is 0 Å². The Kier molecular flexibility index (Phi) is 7.45. The van der Waals surface area contributed by atoms with E-state index < -0.39 is 0 Å². The molecule has 0 spiro atoms. The SMILES string of the molecule is COc1ccc(N2CC(c3nc4ccccc4n3CCCCOc3ccc(C(C)C)cc3)CC2=O)cc1. The highest BCUT2D eigenvalue weighted by Gasteiger charge is 2.34. The summed E-state index contributed by atoms with van der Waals surface area (Å²) >= 11 is 0. The Labute approximate surface area is 218 Å². The lowest BCUT2D eigenvalue weighted by Gasteiger charge is -2.18. The van der Waals surface area contributed by atoms with Gasteiger partial charge in [0, 0.05) is 31.1 Å². The molecular formula is C31H35N3O3. The molecular weight excluding hydrogens is 462 g/mol. The molecule has 37 heavy (non-hydrogen) atoms. The monoisotopic (exact) mass is 497 g/mol. The van der Waals surface area contributed by atoms with Gasteiger partial charge in [0.15, 0.2) is 0 Å². The summed E-state index contributed by atoms with van der Waals surface area (Å²) < 4.78 is 13.6. The highest BCUT2D eigenvalue weighted by atomic mass is 16.5. The minimum atomic E-state index is 0.0534. The number of methoxy groups -OCH3 is 1. The van der Waals surface area contributed by atoms with E-state index in [1.807, 2.05) is 35.2 Å². The fourth-order valence-electron chi connectivity index (χ4n) is 5.04. The highest BCUT2D eigenvalue weighted by Crippen LogP contribution is 2.34. The molecule has 1 saturated heterocycles. The molecule has 0 aliphatic carbocycles. The molecule has 0 radical (unpaired) electrons. The van der Waals surface area contributed by atoms with Gasteiger partial charge in [-0.15, -0.1) is 0 Å². The predicted molar refractivity (Wildman–Crippen MR) is 148 cm³/mol. The molecule has 0 saturated carbocycles. The van der Waals surface area contributed by atoms with Gasteiger partial charge in [0.1, 0.15) is 17.3 Å². The van der Waals surface area contributed by atoms with Crippen LogP contribution in [0.5, 0.6) is 11.5 Å². The number of rotatable bonds is 10. The number of carbonyl (C=O) groups is 1. The Morgan fingerprint density at radius 1 is 0.946 bits per heavy atom. The molecule has 0 N–H and O–H groups in total. The van der Waals surface area contributed by atoms with Crippen molar-refractivity contribution in [3.63, 3.8) is 0 Å². The first-order valence-electron chi connectivity index (χ1n) is 13.2. The van der Waals surface area contributed by atoms with Gasteiger partial charge >= 0.3 is 0 Å². The van der Waals surface area contributed by atoms with Crippen molar-refractivity contribution >= 4 is 22.6 Å². The smallest absolute Gasteiger partial charge is 0.227 e. The van der Waals surface area contributed by atoms with Crippen molar-refractivity contribution in [2.24, 2.45) is 0 Å². The number of anilines is 1. The van der Waals surface area contributed by atoms with E-state index in [1.54, 1.807) is 7.11 Å². The fraction of sp³-hybridized carbons (Fsp3) is 0.355. The third-order valence-corrected chi connectivity index (χ3v) is 7.15. The van der Waals surface area contributed by atoms with Crippen LogP contribution in [0.2, 0.25) is 0 Å². The molecule has 6 heteroatoms. The Hall–Kier alpha value is -3.80. The first-order valence-corrected chi connectivity index (χ1v) is 13.2. The Morgan fingerprint density at radius 2 is 1.68 bits per heavy atom. The second-order valence-corrected chi connectivity index (χ2v) is 9.99. The molecule has 1 aliphatic heterocycles. The molecule has 192 valence electrons. The van der Waals surface area contributed by atoms with Crippen molar-refractivity contribution in [3.05, 3.63) is 84.2 Å². The van der Waals surface area contributed by atoms with Crippen LogP contribution in [0.4, 0.5) is 5.69 Å². The zero-order valence-corrected chi connectivity index (χ0v) is 21.9. The predicted octanol–water partition coefficient (Wildman–Crippen LogP) is 6.55. The van der Waals surface area contributed by atoms with Crippen LogP contribution in [0.1, 0.15) is 56.3 Å². The molecule has 1 fully saturated rings. The summed E-state index contributed by atoms with van der Waals surface area (Å²) in [6.07, 6.45) is 2.38. The minimum Gasteiger partial charge on any atom is -0.497 e. The molecule has 1 aromatic heterocycles. The van der Waals surface area contributed by atoms with Crippen molar-refractivity contribution in [3.8, 4) is 11.5 Å². The third kappa shape index (κ3) is 5.48. The topological polar surface area (TPSA) is 56.6 Å². The molecule has 5 rings (SSSR count). The van der Waals surface area contributed by atoms with E-state index in [0.717, 1.165) is 53.4 Å². The summed E-state index contributed by atoms with van der Waals surface area (Å²) in [5, 5.41) is 0. The minimum absolute atomic E-state index is 0.0534. The van der Waals surface area contributed by atoms with Crippen LogP contribution < -0.4 is 14.4 Å². The van der Waals surface area contributed by atoms with Crippen molar-refractivity contribution in [1.29, 1.82) is 0 Å². The average molecular weight is 498 g/mol. The Balaban J connectivity index is 1.25. The fourth-order valence-corrected chi connectivity index (χ4v) is 5.04. The standard InChI is InChI=1S/C31H35N3O3/c1-22(2)23-10-14-27(15-11-23)37-19-7-6-18-33-29-9-5-4-8-28(29)32-31(33)24-20-30(35)34(21-24)25-12-16-26(36-3)17-13-25/h4-5,8-17,22,24H,6-7,18-21H2,1-3H3. The van der Waals surface area contributed by atoms with Crippen molar-refractivity contribution < 1.29 is 14.3 Å². The van der Waals surface area contributed by atoms with Crippen LogP contribution in [0, 0.1) is 0 Å². The van der Waals surface area contributed by atoms with Gasteiger partial charge in [0.05, 0.1) is 24.8 Å². The first kappa shape index (κ1) is 24.9. The first-order chi connectivity index (χ1) is 18.0. The Bertz CT molecular complexity index is 1340. The number of aryl methyl sites for hydroxylation is 1. The van der Waals surface area contributed by atoms with Crippen molar-refractivity contribution in [1.82, 2.24) is 9.55 Å². The van der Waals surface area contributed by atoms with Crippen LogP contribution in [0.15, 0.2) is 72.8 Å². The molecule has 1 atom stereocenters. The molecule has 3 aromatic carbocycles. The summed E-state index contributed by atoms with van der Waals surface area (Å²) in [5.41, 5.74) is 4.32. The zero-order valence-electron chi connectivity index (χ0n) is 21.9. The van der Waals surface area contributed by atoms with Crippen LogP contribution in [-0.4, -0.2) is 35.7 Å². The Morgan fingerprint density at radius 3 is 2.41 bits per heavy atom. The van der Waals surface area contributed by atoms with Gasteiger partial charge in [-0.25, -0.2) is 4.98 Å². The van der Waals surface area contributed by atoms with Crippen molar-refractivity contribution in [2.45, 2.75) is 51.5 Å². The molecule has 4 aromatic rings. The number of hydrogen-bond donors (Lipinski definition) is 0. The number of amides is 1. The van der Waals surface area contributed by atoms with Gasteiger partial charge < -0.3 is 18.9 Å². The average Bonchev–Trinajstić information content (AvgIpc) is 3.49. The number of imidazole rings is 1. The number of ether oxygens (including phenoxy) is 2. The molecule has 6 nitrogen and oxygen atoms in total. The van der Waals surface area contributed by atoms with E-state index in [1.165, 1.54) is 5.56 Å². The van der Waals surface area contributed by atoms with E-state index in [2.05, 4.69) is 60.9 Å². The molecule has 1 unspecified atom stereocenters. The van der Waals surface area contributed by atoms with Crippen LogP contribution in [0.25, 0.3) is 11.0 Å². The van der Waals surface area contributed by atoms with Gasteiger partial charge in [-0.3, -0.25) is 4.79 Å². The second kappa shape index (κ2) is 11.1. The van der Waals surface area contributed by atoms with E-state index in [-0.39, 0.29) is 11.8 Å². The summed E-state index contributed by atoms with van der Waals surface area (Å²) in [7, 11) is 1.65. The zero-order chi connectivity index (χ0) is 25.8. The summed E-state index contributed by atoms with van der Waals surface area (Å²) in [5.74, 6) is 3.40. The molecule has 1 aliphatic rings. The van der Waals surface area contributed by atoms with Gasteiger partial charge in [-0.1, -0.05) is 38.1 Å². The summed E-state index contributed by atoms with van der Waals surface area (Å²) in [6, 6.07) is 24.3. The van der Waals surface area contributed by atoms with Crippen molar-refractivity contribution in [2.75, 3.05) is 25.2 Å². The van der Waals surface area contributed by atoms with Crippen LogP contribution >= 0.6 is 0 Å². The lowest BCUT2D eigenvalue weighted by atomic mass is 10.0. The van der Waals surface area contributed by atoms with E-state index in [9.17, 15) is 4.79 Å². The number of benzene rings is 3. The van der Waals surface area contributed by atoms with Gasteiger partial charge in [-0.2, -0.15) is 0 Å². The number of carbonyl (C=O) groups excluding carboxylic acids is 1. The maximum absolute atomic E-state index is 13.0. The lowest BCUT2D eigenvalue weighted by Crippen LogP contribution is -2.24. The number of para-hydroxylation sites is 2. The molecule has 0 bridgehead atoms. The van der Waals surface area contributed by atoms with E-state index in [4.69, 9.17) is 14.5 Å². The van der Waals surface area contributed by atoms with E-state index >= 15 is 0 Å². The highest BCUT2D eigenvalue weighted by molar-refractivity contribution is 5.96. The third-order valence-electron chi connectivity index (χ3n) is 7.15. The number of aromatic nitrogens is 2. The second-order valence-electron chi connectivity index (χ2n) is 9.99. The van der Waals surface area contributed by atoms with Gasteiger partial charge in [0.2, 0.25) is 5.91 Å². The molecule has 1 amide bonds. The lowest BCUT2D eigenvalue weighted by molar-refractivity contribution is -0.117. The number of unbranched alkanes of at least 4 members (excludes halogenated alkanes) is 1. The van der Waals surface area contributed by atoms with Crippen LogP contribution in [-0.2, 0) is 11.3 Å². The maximum atomic E-state index is 13.0. The largest absolute Gasteiger partial charge is 0.497 e. The number of fused-ring (bicyclic) bond motifs is 1. The van der Waals surface area contributed by atoms with E-state index in [0.29, 0.717) is 25.5 Å². The van der Waals surface area contributed by atoms with Gasteiger partial charge in [-0.05, 0) is 72.9 Å². The molecule has 2 heterocycles. The quantitative estimate of drug-likeness (QED) is 0.233. The summed E-state index contributed by atoms with van der Waals surface area (Å²) in [4.78, 5) is 19.8. The maximum Gasteiger partial charge on any atom is 0.227 e. The van der Waals surface area contributed by atoms with Crippen LogP contribution in [0.3, 0.4) is 0 Å². The summed E-state index contributed by atoms with van der Waals surface area (Å²) in [6.45, 7) is 6.54. The normalized spacial score (nSPS) is 15.6.